The van der Waals surface area contributed by atoms with Crippen LogP contribution in [0.4, 0.5) is 8.78 Å². The van der Waals surface area contributed by atoms with E-state index >= 15 is 0 Å². The number of para-hydroxylation sites is 1. The van der Waals surface area contributed by atoms with Gasteiger partial charge < -0.3 is 28.4 Å². The largest absolute Gasteiger partial charge is 0.489 e. The molecule has 0 bridgehead atoms. The van der Waals surface area contributed by atoms with Gasteiger partial charge in [0.15, 0.2) is 0 Å². The zero-order chi connectivity index (χ0) is 97.9. The molecule has 0 saturated carbocycles. The molecule has 3 heterocycles. The Bertz CT molecular complexity index is 6010. The first-order valence-electron chi connectivity index (χ1n) is 43.9. The van der Waals surface area contributed by atoms with E-state index in [2.05, 4.69) is 204 Å². The van der Waals surface area contributed by atoms with E-state index in [0.717, 1.165) is 50.1 Å². The lowest BCUT2D eigenvalue weighted by atomic mass is 9.86. The molecule has 0 saturated heterocycles. The number of rotatable bonds is 18. The van der Waals surface area contributed by atoms with Gasteiger partial charge in [-0.3, -0.25) is 9.97 Å². The van der Waals surface area contributed by atoms with Gasteiger partial charge in [-0.2, -0.15) is 0 Å². The van der Waals surface area contributed by atoms with Crippen LogP contribution in [0.5, 0.6) is 46.0 Å². The van der Waals surface area contributed by atoms with Gasteiger partial charge in [0, 0.05) is 40.1 Å². The second kappa shape index (κ2) is 48.6. The predicted molar refractivity (Wildman–Crippen MR) is 550 cm³/mol. The molecule has 702 valence electrons. The number of sulfone groups is 1. The number of pyridine rings is 2. The normalized spacial score (nSPS) is 11.6. The van der Waals surface area contributed by atoms with Crippen molar-refractivity contribution in [2.24, 2.45) is 0 Å². The third-order valence-corrected chi connectivity index (χ3v) is 24.8. The van der Waals surface area contributed by atoms with E-state index in [1.165, 1.54) is 57.6 Å². The average molecular weight is 1930 g/mol. The smallest absolute Gasteiger partial charge is 0.206 e. The Labute approximate surface area is 818 Å². The third-order valence-electron chi connectivity index (χ3n) is 20.7. The van der Waals surface area contributed by atoms with Gasteiger partial charge in [-0.05, 0) is 247 Å². The van der Waals surface area contributed by atoms with Gasteiger partial charge in [-0.25, -0.2) is 22.2 Å². The molecule has 0 radical (unpaired) electrons. The van der Waals surface area contributed by atoms with Crippen LogP contribution in [0.2, 0.25) is 25.1 Å². The van der Waals surface area contributed by atoms with Crippen molar-refractivity contribution in [3.8, 4) is 46.0 Å². The van der Waals surface area contributed by atoms with E-state index in [0.29, 0.717) is 95.8 Å². The second-order valence-corrected chi connectivity index (χ2v) is 44.1. The zero-order valence-electron chi connectivity index (χ0n) is 80.7. The average Bonchev–Trinajstić information content (AvgIpc) is 0.846. The number of thiazole rings is 1. The Hall–Kier alpha value is -10.6. The van der Waals surface area contributed by atoms with E-state index in [4.69, 9.17) is 86.4 Å². The SMILES string of the molecule is CC(C)(C)c1ccc(COc2cccc(F)c2)c(Cl)c1.CC(C)(C)c1ccc(OCc2cccc(F)c2)c(Cl)c1.CC(C)(C)c1ccc(OCc2ccccn2)c(Cl)c1.CC(C)(C)c1ccc(OCc2nccs2)c(Cl)c1.CC(C)(C)c1ccc(S(=O)(=O)c2ccccc2)cc1.Cc1cc(C(C)(C)C)ccc1Oc1ccccc1.Cc1ccc(Oc2ccc(C(C)(C)C)cc2Cl)cn1. The highest BCUT2D eigenvalue weighted by atomic mass is 35.5. The fraction of sp³-hybridized carbons (Fsp3) is 0.301. The molecule has 0 N–H and O–H groups in total. The molecule has 20 heteroatoms. The highest BCUT2D eigenvalue weighted by Gasteiger charge is 2.24. The van der Waals surface area contributed by atoms with Crippen LogP contribution in [0.1, 0.15) is 217 Å². The summed E-state index contributed by atoms with van der Waals surface area (Å²) in [6.45, 7) is 50.8. The molecule has 3 aromatic heterocycles. The number of hydrogen-bond donors (Lipinski definition) is 0. The number of hydrogen-bond acceptors (Lipinski definition) is 12. The van der Waals surface area contributed by atoms with E-state index in [1.54, 1.807) is 84.5 Å². The molecule has 0 amide bonds. The van der Waals surface area contributed by atoms with Crippen molar-refractivity contribution in [3.63, 3.8) is 0 Å². The number of aryl methyl sites for hydroxylation is 2. The molecular formula is C113H126Cl5F2N3O8S2. The molecular weight excluding hydrogens is 1810 g/mol. The van der Waals surface area contributed by atoms with Gasteiger partial charge in [0.2, 0.25) is 9.84 Å². The summed E-state index contributed by atoms with van der Waals surface area (Å²) in [6, 6.07) is 83.5. The molecule has 133 heavy (non-hydrogen) atoms. The molecule has 11 nitrogen and oxygen atoms in total. The van der Waals surface area contributed by atoms with Gasteiger partial charge >= 0.3 is 0 Å². The van der Waals surface area contributed by atoms with E-state index in [9.17, 15) is 17.2 Å². The first kappa shape index (κ1) is 108. The molecule has 0 aliphatic rings. The molecule has 0 aliphatic carbocycles. The van der Waals surface area contributed by atoms with Crippen LogP contribution in [-0.2, 0) is 74.2 Å². The maximum Gasteiger partial charge on any atom is 0.206 e. The Morgan fingerprint density at radius 3 is 1.15 bits per heavy atom. The van der Waals surface area contributed by atoms with Gasteiger partial charge in [-0.15, -0.1) is 11.3 Å². The van der Waals surface area contributed by atoms with Gasteiger partial charge in [0.1, 0.15) is 89.1 Å². The highest BCUT2D eigenvalue weighted by molar-refractivity contribution is 7.91. The van der Waals surface area contributed by atoms with Crippen LogP contribution in [0.3, 0.4) is 0 Å². The number of benzene rings is 11. The lowest BCUT2D eigenvalue weighted by Gasteiger charge is -2.20. The van der Waals surface area contributed by atoms with Crippen LogP contribution in [-0.4, -0.2) is 23.4 Å². The van der Waals surface area contributed by atoms with Crippen LogP contribution in [0.15, 0.2) is 307 Å². The first-order valence-corrected chi connectivity index (χ1v) is 48.2. The fourth-order valence-corrected chi connectivity index (χ4v) is 15.4. The number of nitrogens with zero attached hydrogens (tertiary/aromatic N) is 3. The van der Waals surface area contributed by atoms with Crippen molar-refractivity contribution in [3.05, 3.63) is 406 Å². The zero-order valence-corrected chi connectivity index (χ0v) is 86.1. The summed E-state index contributed by atoms with van der Waals surface area (Å²) in [5.41, 5.74) is 13.6. The Morgan fingerprint density at radius 1 is 0.316 bits per heavy atom. The molecule has 11 aromatic carbocycles. The maximum atomic E-state index is 13.1. The van der Waals surface area contributed by atoms with Crippen molar-refractivity contribution in [2.45, 2.75) is 233 Å². The Balaban J connectivity index is 0.000000191. The van der Waals surface area contributed by atoms with Crippen molar-refractivity contribution < 1.29 is 45.6 Å². The standard InChI is InChI=1S/2C17H18ClFO.C17H20O.2C16H18ClNO.C16H18O2S.C14H16ClNOS/c1-17(2,3)13-8-7-12(16(18)9-13)11-20-15-6-4-5-14(19)10-15;1-17(2,3)13-7-8-16(15(18)10-13)20-11-12-5-4-6-14(19)9-12;1-13-12-14(17(2,3)4)10-11-16(13)18-15-8-6-5-7-9-15;1-11-5-7-13(10-18-11)19-15-8-6-12(9-14(15)17)16(2,3)4;1-16(2,3)12-7-8-15(14(17)10-12)19-11-13-6-4-5-9-18-13;1-16(2,3)13-9-11-15(12-10-13)19(17,18)14-7-5-4-6-8-14;1-14(2,3)10-4-5-12(11(15)8-10)17-9-13-16-6-7-18-13/h2*4-10H,11H2,1-3H3;5-12H,1-4H3;5-10H,1-4H3;4-10H,11H2,1-3H3;4-12H,1-3H3;4-8H,9H2,1-3H3. The van der Waals surface area contributed by atoms with Crippen LogP contribution in [0.25, 0.3) is 0 Å². The Morgan fingerprint density at radius 2 is 0.722 bits per heavy atom. The summed E-state index contributed by atoms with van der Waals surface area (Å²) < 4.78 is 85.1. The first-order chi connectivity index (χ1) is 62.3. The second-order valence-electron chi connectivity index (χ2n) is 39.1. The molecule has 0 atom stereocenters. The van der Waals surface area contributed by atoms with Crippen LogP contribution < -0.4 is 28.4 Å². The van der Waals surface area contributed by atoms with Crippen molar-refractivity contribution in [2.75, 3.05) is 0 Å². The van der Waals surface area contributed by atoms with Gasteiger partial charge in [-0.1, -0.05) is 325 Å². The molecule has 14 aromatic rings. The highest BCUT2D eigenvalue weighted by Crippen LogP contribution is 2.39. The minimum absolute atomic E-state index is 0.0229. The number of aromatic nitrogens is 3. The van der Waals surface area contributed by atoms with Gasteiger partial charge in [0.25, 0.3) is 0 Å². The lowest BCUT2D eigenvalue weighted by Crippen LogP contribution is -2.11. The number of halogens is 7. The minimum atomic E-state index is -3.40. The topological polar surface area (TPSA) is 128 Å². The van der Waals surface area contributed by atoms with Crippen molar-refractivity contribution in [1.82, 2.24) is 15.0 Å². The Kier molecular flexibility index (Phi) is 39.3. The maximum absolute atomic E-state index is 13.1. The summed E-state index contributed by atoms with van der Waals surface area (Å²) in [7, 11) is -3.40. The monoisotopic (exact) mass is 1930 g/mol. The lowest BCUT2D eigenvalue weighted by molar-refractivity contribution is 0.301. The van der Waals surface area contributed by atoms with Crippen LogP contribution >= 0.6 is 69.3 Å². The third kappa shape index (κ3) is 35.6. The molecule has 0 spiro atoms. The molecule has 0 aliphatic heterocycles. The van der Waals surface area contributed by atoms with E-state index in [-0.39, 0.29) is 49.5 Å². The summed E-state index contributed by atoms with van der Waals surface area (Å²) in [5.74, 6) is 5.09. The molecule has 0 unspecified atom stereocenters. The van der Waals surface area contributed by atoms with Crippen LogP contribution in [0, 0.1) is 25.5 Å². The quantitative estimate of drug-likeness (QED) is 0.0814. The predicted octanol–water partition coefficient (Wildman–Crippen LogP) is 34.0. The summed E-state index contributed by atoms with van der Waals surface area (Å²) in [4.78, 5) is 13.2. The molecule has 0 fully saturated rings. The summed E-state index contributed by atoms with van der Waals surface area (Å²) >= 11 is 32.9. The van der Waals surface area contributed by atoms with Gasteiger partial charge in [0.05, 0.1) is 41.8 Å². The number of ether oxygens (including phenoxy) is 6. The van der Waals surface area contributed by atoms with E-state index < -0.39 is 9.84 Å². The van der Waals surface area contributed by atoms with E-state index in [1.807, 2.05) is 170 Å². The summed E-state index contributed by atoms with van der Waals surface area (Å²) in [5, 5.41) is 6.05. The van der Waals surface area contributed by atoms with Crippen molar-refractivity contribution >= 4 is 79.2 Å². The van der Waals surface area contributed by atoms with Crippen molar-refractivity contribution in [1.29, 1.82) is 0 Å². The minimum Gasteiger partial charge on any atom is -0.489 e. The molecule has 14 rings (SSSR count). The summed E-state index contributed by atoms with van der Waals surface area (Å²) in [6.07, 6.45) is 5.22. The fourth-order valence-electron chi connectivity index (χ4n) is 12.4.